The summed E-state index contributed by atoms with van der Waals surface area (Å²) in [5.41, 5.74) is 8.92. The lowest BCUT2D eigenvalue weighted by atomic mass is 10.0. The number of hydrogen-bond acceptors (Lipinski definition) is 2. The SMILES string of the molecule is NC(Cc1c(Cl)cccc1Cl)c1ccc2ccccc2n1. The Kier molecular flexibility index (Phi) is 4.11. The lowest BCUT2D eigenvalue weighted by Crippen LogP contribution is -2.15. The van der Waals surface area contributed by atoms with Crippen LogP contribution < -0.4 is 5.73 Å². The Morgan fingerprint density at radius 2 is 1.62 bits per heavy atom. The minimum Gasteiger partial charge on any atom is -0.322 e. The molecule has 3 aromatic rings. The van der Waals surface area contributed by atoms with Crippen LogP contribution in [0.25, 0.3) is 10.9 Å². The number of benzene rings is 2. The van der Waals surface area contributed by atoms with E-state index in [9.17, 15) is 0 Å². The van der Waals surface area contributed by atoms with Gasteiger partial charge in [-0.3, -0.25) is 4.98 Å². The molecule has 4 heteroatoms. The summed E-state index contributed by atoms with van der Waals surface area (Å²) in [5, 5.41) is 2.38. The van der Waals surface area contributed by atoms with Crippen LogP contribution in [0.2, 0.25) is 10.0 Å². The van der Waals surface area contributed by atoms with Gasteiger partial charge in [0.25, 0.3) is 0 Å². The maximum absolute atomic E-state index is 6.28. The highest BCUT2D eigenvalue weighted by Crippen LogP contribution is 2.28. The van der Waals surface area contributed by atoms with Crippen molar-refractivity contribution in [2.45, 2.75) is 12.5 Å². The molecule has 0 saturated carbocycles. The zero-order chi connectivity index (χ0) is 14.8. The summed E-state index contributed by atoms with van der Waals surface area (Å²) in [4.78, 5) is 4.62. The van der Waals surface area contributed by atoms with Crippen molar-refractivity contribution in [1.82, 2.24) is 4.98 Å². The van der Waals surface area contributed by atoms with Gasteiger partial charge in [-0.2, -0.15) is 0 Å². The average Bonchev–Trinajstić information content (AvgIpc) is 2.50. The molecule has 0 aliphatic heterocycles. The first-order chi connectivity index (χ1) is 10.1. The van der Waals surface area contributed by atoms with Crippen molar-refractivity contribution in [3.05, 3.63) is 75.9 Å². The average molecular weight is 317 g/mol. The topological polar surface area (TPSA) is 38.9 Å². The van der Waals surface area contributed by atoms with Crippen molar-refractivity contribution in [3.8, 4) is 0 Å². The third-order valence-corrected chi connectivity index (χ3v) is 4.19. The van der Waals surface area contributed by atoms with Crippen molar-refractivity contribution < 1.29 is 0 Å². The van der Waals surface area contributed by atoms with E-state index in [1.807, 2.05) is 54.6 Å². The molecule has 1 aromatic heterocycles. The molecule has 2 aromatic carbocycles. The van der Waals surface area contributed by atoms with E-state index in [2.05, 4.69) is 4.98 Å². The molecule has 21 heavy (non-hydrogen) atoms. The second-order valence-corrected chi connectivity index (χ2v) is 5.75. The fourth-order valence-corrected chi connectivity index (χ4v) is 2.89. The van der Waals surface area contributed by atoms with Gasteiger partial charge in [0.15, 0.2) is 0 Å². The first-order valence-corrected chi connectivity index (χ1v) is 7.45. The van der Waals surface area contributed by atoms with E-state index in [0.717, 1.165) is 22.2 Å². The molecule has 1 atom stereocenters. The van der Waals surface area contributed by atoms with Crippen LogP contribution in [0.15, 0.2) is 54.6 Å². The van der Waals surface area contributed by atoms with Crippen molar-refractivity contribution >= 4 is 34.1 Å². The van der Waals surface area contributed by atoms with Crippen LogP contribution in [0.1, 0.15) is 17.3 Å². The van der Waals surface area contributed by atoms with Gasteiger partial charge in [0.2, 0.25) is 0 Å². The molecule has 0 saturated heterocycles. The van der Waals surface area contributed by atoms with Crippen molar-refractivity contribution in [2.24, 2.45) is 5.73 Å². The predicted octanol–water partition coefficient (Wildman–Crippen LogP) is 4.78. The van der Waals surface area contributed by atoms with E-state index in [1.165, 1.54) is 0 Å². The van der Waals surface area contributed by atoms with Gasteiger partial charge in [-0.15, -0.1) is 0 Å². The van der Waals surface area contributed by atoms with Gasteiger partial charge in [-0.05, 0) is 36.2 Å². The van der Waals surface area contributed by atoms with Gasteiger partial charge in [-0.1, -0.05) is 53.5 Å². The zero-order valence-electron chi connectivity index (χ0n) is 11.3. The number of fused-ring (bicyclic) bond motifs is 1. The molecular weight excluding hydrogens is 303 g/mol. The van der Waals surface area contributed by atoms with Crippen LogP contribution in [-0.4, -0.2) is 4.98 Å². The molecule has 3 rings (SSSR count). The normalized spacial score (nSPS) is 12.5. The first kappa shape index (κ1) is 14.3. The van der Waals surface area contributed by atoms with Crippen LogP contribution in [0.4, 0.5) is 0 Å². The van der Waals surface area contributed by atoms with Gasteiger partial charge in [0.1, 0.15) is 0 Å². The Morgan fingerprint density at radius 3 is 2.38 bits per heavy atom. The number of nitrogens with zero attached hydrogens (tertiary/aromatic N) is 1. The van der Waals surface area contributed by atoms with Crippen molar-refractivity contribution in [1.29, 1.82) is 0 Å². The highest BCUT2D eigenvalue weighted by molar-refractivity contribution is 6.36. The monoisotopic (exact) mass is 316 g/mol. The van der Waals surface area contributed by atoms with Gasteiger partial charge in [0.05, 0.1) is 17.3 Å². The maximum atomic E-state index is 6.28. The Balaban J connectivity index is 1.91. The number of aromatic nitrogens is 1. The standard InChI is InChI=1S/C17H14Cl2N2/c18-13-5-3-6-14(19)12(13)10-15(20)17-9-8-11-4-1-2-7-16(11)21-17/h1-9,15H,10,20H2. The van der Waals surface area contributed by atoms with E-state index in [0.29, 0.717) is 16.5 Å². The van der Waals surface area contributed by atoms with Gasteiger partial charge in [0, 0.05) is 15.4 Å². The summed E-state index contributed by atoms with van der Waals surface area (Å²) >= 11 is 12.4. The smallest absolute Gasteiger partial charge is 0.0706 e. The lowest BCUT2D eigenvalue weighted by molar-refractivity contribution is 0.700. The summed E-state index contributed by atoms with van der Waals surface area (Å²) in [6.45, 7) is 0. The summed E-state index contributed by atoms with van der Waals surface area (Å²) in [5.74, 6) is 0. The third kappa shape index (κ3) is 3.03. The van der Waals surface area contributed by atoms with E-state index in [1.54, 1.807) is 0 Å². The molecule has 0 radical (unpaired) electrons. The highest BCUT2D eigenvalue weighted by atomic mass is 35.5. The van der Waals surface area contributed by atoms with E-state index in [-0.39, 0.29) is 6.04 Å². The van der Waals surface area contributed by atoms with Crippen LogP contribution in [-0.2, 0) is 6.42 Å². The first-order valence-electron chi connectivity index (χ1n) is 6.69. The lowest BCUT2D eigenvalue weighted by Gasteiger charge is -2.14. The molecule has 2 nitrogen and oxygen atoms in total. The highest BCUT2D eigenvalue weighted by Gasteiger charge is 2.14. The molecule has 0 fully saturated rings. The summed E-state index contributed by atoms with van der Waals surface area (Å²) in [7, 11) is 0. The van der Waals surface area contributed by atoms with E-state index < -0.39 is 0 Å². The van der Waals surface area contributed by atoms with Crippen LogP contribution in [0, 0.1) is 0 Å². The maximum Gasteiger partial charge on any atom is 0.0706 e. The second kappa shape index (κ2) is 6.02. The molecule has 0 aliphatic rings. The molecule has 1 unspecified atom stereocenters. The predicted molar refractivity (Wildman–Crippen MR) is 88.8 cm³/mol. The largest absolute Gasteiger partial charge is 0.322 e. The van der Waals surface area contributed by atoms with E-state index in [4.69, 9.17) is 28.9 Å². The zero-order valence-corrected chi connectivity index (χ0v) is 12.8. The number of halogens is 2. The summed E-state index contributed by atoms with van der Waals surface area (Å²) in [6.07, 6.45) is 0.559. The van der Waals surface area contributed by atoms with E-state index >= 15 is 0 Å². The molecule has 106 valence electrons. The Morgan fingerprint density at radius 1 is 0.905 bits per heavy atom. The van der Waals surface area contributed by atoms with Crippen molar-refractivity contribution in [3.63, 3.8) is 0 Å². The second-order valence-electron chi connectivity index (χ2n) is 4.94. The quantitative estimate of drug-likeness (QED) is 0.755. The van der Waals surface area contributed by atoms with Gasteiger partial charge >= 0.3 is 0 Å². The number of para-hydroxylation sites is 1. The summed E-state index contributed by atoms with van der Waals surface area (Å²) in [6, 6.07) is 17.2. The molecule has 0 amide bonds. The van der Waals surface area contributed by atoms with Gasteiger partial charge in [-0.25, -0.2) is 0 Å². The number of nitrogens with two attached hydrogens (primary N) is 1. The third-order valence-electron chi connectivity index (χ3n) is 3.49. The fraction of sp³-hybridized carbons (Fsp3) is 0.118. The number of hydrogen-bond donors (Lipinski definition) is 1. The molecule has 2 N–H and O–H groups in total. The molecule has 0 bridgehead atoms. The fourth-order valence-electron chi connectivity index (χ4n) is 2.34. The molecule has 0 aliphatic carbocycles. The minimum atomic E-state index is -0.244. The Labute approximate surface area is 133 Å². The number of pyridine rings is 1. The van der Waals surface area contributed by atoms with Crippen LogP contribution in [0.5, 0.6) is 0 Å². The molecule has 1 heterocycles. The van der Waals surface area contributed by atoms with Crippen molar-refractivity contribution in [2.75, 3.05) is 0 Å². The van der Waals surface area contributed by atoms with Crippen LogP contribution in [0.3, 0.4) is 0 Å². The molecular formula is C17H14Cl2N2. The minimum absolute atomic E-state index is 0.244. The Hall–Kier alpha value is -1.61. The summed E-state index contributed by atoms with van der Waals surface area (Å²) < 4.78 is 0. The number of rotatable bonds is 3. The van der Waals surface area contributed by atoms with Crippen LogP contribution >= 0.6 is 23.2 Å². The van der Waals surface area contributed by atoms with Gasteiger partial charge < -0.3 is 5.73 Å². The Bertz CT molecular complexity index is 766. The molecule has 0 spiro atoms.